The summed E-state index contributed by atoms with van der Waals surface area (Å²) < 4.78 is 11.4. The highest BCUT2D eigenvalue weighted by Gasteiger charge is 2.52. The molecule has 2 aliphatic heterocycles. The topological polar surface area (TPSA) is 59.1 Å². The number of carbonyl (C=O) groups is 1. The van der Waals surface area contributed by atoms with E-state index in [1.54, 1.807) is 6.92 Å². The Bertz CT molecular complexity index is 562. The van der Waals surface area contributed by atoms with Crippen LogP contribution in [0.1, 0.15) is 65.7 Å². The lowest BCUT2D eigenvalue weighted by atomic mass is 9.79. The number of allylic oxidation sites excluding steroid dienone is 2. The number of hydrogen-bond acceptors (Lipinski definition) is 4. The highest BCUT2D eigenvalue weighted by atomic mass is 16.6. The summed E-state index contributed by atoms with van der Waals surface area (Å²) in [7, 11) is 0. The van der Waals surface area contributed by atoms with Crippen LogP contribution in [0.15, 0.2) is 23.8 Å². The molecule has 0 radical (unpaired) electrons. The second kappa shape index (κ2) is 6.30. The van der Waals surface area contributed by atoms with Gasteiger partial charge in [0.2, 0.25) is 0 Å². The van der Waals surface area contributed by atoms with Gasteiger partial charge in [-0.15, -0.1) is 0 Å². The Morgan fingerprint density at radius 2 is 2.00 bits per heavy atom. The fourth-order valence-electron chi connectivity index (χ4n) is 4.06. The summed E-state index contributed by atoms with van der Waals surface area (Å²) in [5, 5.41) is 10.8. The fraction of sp³-hybridized carbons (Fsp3) is 0.750. The van der Waals surface area contributed by atoms with Crippen LogP contribution in [0.3, 0.4) is 0 Å². The van der Waals surface area contributed by atoms with Gasteiger partial charge in [-0.05, 0) is 71.6 Å². The van der Waals surface area contributed by atoms with Crippen molar-refractivity contribution in [2.24, 2.45) is 5.92 Å². The lowest BCUT2D eigenvalue weighted by Crippen LogP contribution is -2.47. The van der Waals surface area contributed by atoms with Crippen molar-refractivity contribution in [1.82, 2.24) is 0 Å². The van der Waals surface area contributed by atoms with Crippen molar-refractivity contribution < 1.29 is 19.4 Å². The SMILES string of the molecule is C=C1C(=O)O[C@@H]2C[C@H]1CC[C@]1(C)O[C@H]1CC/C(C)=C\CC[C@]2(C)O. The molecule has 3 aliphatic rings. The van der Waals surface area contributed by atoms with Crippen LogP contribution in [0.5, 0.6) is 0 Å². The Morgan fingerprint density at radius 3 is 2.75 bits per heavy atom. The molecule has 0 aromatic heterocycles. The smallest absolute Gasteiger partial charge is 0.334 e. The van der Waals surface area contributed by atoms with E-state index in [9.17, 15) is 9.90 Å². The molecule has 2 bridgehead atoms. The molecule has 24 heavy (non-hydrogen) atoms. The first-order valence-electron chi connectivity index (χ1n) is 9.17. The van der Waals surface area contributed by atoms with Gasteiger partial charge in [-0.25, -0.2) is 4.79 Å². The molecule has 0 aromatic carbocycles. The quantitative estimate of drug-likeness (QED) is 0.318. The molecule has 0 saturated carbocycles. The van der Waals surface area contributed by atoms with Crippen LogP contribution in [-0.4, -0.2) is 34.5 Å². The molecule has 0 amide bonds. The second-order valence-corrected chi connectivity index (χ2v) is 8.29. The van der Waals surface area contributed by atoms with Crippen molar-refractivity contribution in [3.63, 3.8) is 0 Å². The minimum absolute atomic E-state index is 0.0654. The average Bonchev–Trinajstić information content (AvgIpc) is 3.16. The van der Waals surface area contributed by atoms with Gasteiger partial charge >= 0.3 is 5.97 Å². The normalized spacial score (nSPS) is 46.2. The number of ether oxygens (including phenoxy) is 2. The van der Waals surface area contributed by atoms with E-state index in [0.29, 0.717) is 24.5 Å². The van der Waals surface area contributed by atoms with E-state index in [2.05, 4.69) is 26.5 Å². The van der Waals surface area contributed by atoms with E-state index < -0.39 is 11.7 Å². The Hall–Kier alpha value is -1.13. The maximum Gasteiger partial charge on any atom is 0.334 e. The molecule has 1 aliphatic carbocycles. The lowest BCUT2D eigenvalue weighted by molar-refractivity contribution is -0.168. The first-order valence-corrected chi connectivity index (χ1v) is 9.17. The summed E-state index contributed by atoms with van der Waals surface area (Å²) in [6.45, 7) is 10.0. The second-order valence-electron chi connectivity index (χ2n) is 8.29. The Kier molecular flexibility index (Phi) is 4.65. The summed E-state index contributed by atoms with van der Waals surface area (Å²) in [5.74, 6) is -0.279. The molecule has 3 rings (SSSR count). The predicted octanol–water partition coefficient (Wildman–Crippen LogP) is 3.68. The van der Waals surface area contributed by atoms with Crippen molar-refractivity contribution in [3.8, 4) is 0 Å². The molecule has 5 atom stereocenters. The molecule has 4 nitrogen and oxygen atoms in total. The van der Waals surface area contributed by atoms with Gasteiger partial charge in [0.25, 0.3) is 0 Å². The number of epoxide rings is 1. The molecule has 2 fully saturated rings. The largest absolute Gasteiger partial charge is 0.456 e. The number of esters is 1. The molecule has 4 heteroatoms. The molecule has 2 heterocycles. The van der Waals surface area contributed by atoms with Crippen LogP contribution in [0, 0.1) is 5.92 Å². The monoisotopic (exact) mass is 334 g/mol. The number of fused-ring (bicyclic) bond motifs is 3. The molecule has 1 N–H and O–H groups in total. The van der Waals surface area contributed by atoms with E-state index in [1.807, 2.05) is 0 Å². The summed E-state index contributed by atoms with van der Waals surface area (Å²) in [4.78, 5) is 12.2. The first-order chi connectivity index (χ1) is 11.2. The van der Waals surface area contributed by atoms with Crippen LogP contribution in [-0.2, 0) is 14.3 Å². The summed E-state index contributed by atoms with van der Waals surface area (Å²) in [6, 6.07) is 0. The third kappa shape index (κ3) is 3.60. The summed E-state index contributed by atoms with van der Waals surface area (Å²) in [5.41, 5.74) is 0.820. The molecule has 0 aromatic rings. The summed E-state index contributed by atoms with van der Waals surface area (Å²) in [6.07, 6.45) is 7.98. The maximum absolute atomic E-state index is 12.2. The van der Waals surface area contributed by atoms with Gasteiger partial charge in [0.05, 0.1) is 17.3 Å². The van der Waals surface area contributed by atoms with E-state index in [0.717, 1.165) is 32.1 Å². The van der Waals surface area contributed by atoms with Crippen LogP contribution < -0.4 is 0 Å². The third-order valence-electron chi connectivity index (χ3n) is 6.17. The standard InChI is InChI=1S/C20H30O4/c1-13-6-5-10-19(3,22)17-12-15(14(2)18(21)23-17)9-11-20(4)16(24-20)8-7-13/h6,15-17,22H,2,5,7-12H2,1,3-4H3/b13-6-/t15-,16+,17-,19+,20+/m1/s1. The molecule has 0 unspecified atom stereocenters. The van der Waals surface area contributed by atoms with Crippen LogP contribution in [0.25, 0.3) is 0 Å². The fourth-order valence-corrected chi connectivity index (χ4v) is 4.06. The number of rotatable bonds is 0. The number of aliphatic hydroxyl groups is 1. The predicted molar refractivity (Wildman–Crippen MR) is 92.5 cm³/mol. The van der Waals surface area contributed by atoms with Gasteiger partial charge in [-0.1, -0.05) is 18.2 Å². The van der Waals surface area contributed by atoms with Crippen LogP contribution >= 0.6 is 0 Å². The van der Waals surface area contributed by atoms with Crippen molar-refractivity contribution in [2.75, 3.05) is 0 Å². The first kappa shape index (κ1) is 17.7. The molecule has 2 saturated heterocycles. The van der Waals surface area contributed by atoms with Crippen molar-refractivity contribution >= 4 is 5.97 Å². The van der Waals surface area contributed by atoms with Gasteiger partial charge in [0.1, 0.15) is 6.10 Å². The zero-order valence-corrected chi connectivity index (χ0v) is 15.1. The van der Waals surface area contributed by atoms with Crippen molar-refractivity contribution in [1.29, 1.82) is 0 Å². The zero-order valence-electron chi connectivity index (χ0n) is 15.1. The highest BCUT2D eigenvalue weighted by Crippen LogP contribution is 2.46. The number of hydrogen-bond donors (Lipinski definition) is 1. The zero-order chi connectivity index (χ0) is 17.5. The Labute approximate surface area is 144 Å². The molecular weight excluding hydrogens is 304 g/mol. The molecule has 0 spiro atoms. The van der Waals surface area contributed by atoms with Gasteiger partial charge < -0.3 is 14.6 Å². The molecule has 134 valence electrons. The van der Waals surface area contributed by atoms with Crippen LogP contribution in [0.4, 0.5) is 0 Å². The van der Waals surface area contributed by atoms with Gasteiger partial charge in [0, 0.05) is 5.57 Å². The van der Waals surface area contributed by atoms with Gasteiger partial charge in [0.15, 0.2) is 0 Å². The highest BCUT2D eigenvalue weighted by molar-refractivity contribution is 5.89. The Balaban J connectivity index is 1.80. The van der Waals surface area contributed by atoms with E-state index in [4.69, 9.17) is 9.47 Å². The summed E-state index contributed by atoms with van der Waals surface area (Å²) >= 11 is 0. The van der Waals surface area contributed by atoms with Crippen molar-refractivity contribution in [2.45, 2.75) is 89.1 Å². The maximum atomic E-state index is 12.2. The number of carbonyl (C=O) groups excluding carboxylic acids is 1. The minimum Gasteiger partial charge on any atom is -0.456 e. The lowest BCUT2D eigenvalue weighted by Gasteiger charge is -2.39. The Morgan fingerprint density at radius 1 is 1.25 bits per heavy atom. The third-order valence-corrected chi connectivity index (χ3v) is 6.17. The van der Waals surface area contributed by atoms with E-state index >= 15 is 0 Å². The van der Waals surface area contributed by atoms with Gasteiger partial charge in [-0.3, -0.25) is 0 Å². The van der Waals surface area contributed by atoms with E-state index in [-0.39, 0.29) is 17.5 Å². The van der Waals surface area contributed by atoms with Crippen LogP contribution in [0.2, 0.25) is 0 Å². The van der Waals surface area contributed by atoms with Crippen molar-refractivity contribution in [3.05, 3.63) is 23.8 Å². The minimum atomic E-state index is -1.00. The average molecular weight is 334 g/mol. The van der Waals surface area contributed by atoms with E-state index in [1.165, 1.54) is 5.57 Å². The molecular formula is C20H30O4. The van der Waals surface area contributed by atoms with Gasteiger partial charge in [-0.2, -0.15) is 0 Å².